The molecule has 1 N–H and O–H groups in total. The maximum Gasteiger partial charge on any atom is 0.309 e. The van der Waals surface area contributed by atoms with E-state index in [-0.39, 0.29) is 6.42 Å². The topological polar surface area (TPSA) is 68.1 Å². The summed E-state index contributed by atoms with van der Waals surface area (Å²) in [5.74, 6) is 0.310. The summed E-state index contributed by atoms with van der Waals surface area (Å²) in [6.07, 6.45) is -0.0881. The summed E-state index contributed by atoms with van der Waals surface area (Å²) in [6.45, 7) is 1.66. The molecular formula is C12H15NO4. The van der Waals surface area contributed by atoms with E-state index in [4.69, 9.17) is 14.6 Å². The van der Waals surface area contributed by atoms with E-state index in [0.29, 0.717) is 22.9 Å². The second-order valence-corrected chi connectivity index (χ2v) is 3.46. The number of hydrogen-bond donors (Lipinski definition) is 1. The lowest BCUT2D eigenvalue weighted by Crippen LogP contribution is -2.02. The Labute approximate surface area is 99.7 Å². The lowest BCUT2D eigenvalue weighted by atomic mass is 10.2. The molecule has 0 spiro atoms. The fraction of sp³-hybridized carbons (Fsp3) is 0.333. The summed E-state index contributed by atoms with van der Waals surface area (Å²) in [5.41, 5.74) is 1.10. The first kappa shape index (κ1) is 13.0. The summed E-state index contributed by atoms with van der Waals surface area (Å²) in [6, 6.07) is 5.17. The van der Waals surface area contributed by atoms with Crippen LogP contribution in [0.4, 0.5) is 5.69 Å². The van der Waals surface area contributed by atoms with Crippen molar-refractivity contribution in [3.63, 3.8) is 0 Å². The van der Waals surface area contributed by atoms with E-state index in [1.165, 1.54) is 7.11 Å². The van der Waals surface area contributed by atoms with Gasteiger partial charge in [-0.3, -0.25) is 9.79 Å². The standard InChI is InChI=1S/C12H15NO4/c1-8(6-12(14)15)13-10-5-4-9(16-2)7-11(10)17-3/h4-5,7H,6H2,1-3H3,(H,14,15)/b13-8-. The molecule has 0 saturated carbocycles. The Morgan fingerprint density at radius 3 is 2.59 bits per heavy atom. The molecule has 5 nitrogen and oxygen atoms in total. The quantitative estimate of drug-likeness (QED) is 0.797. The van der Waals surface area contributed by atoms with Gasteiger partial charge in [0.2, 0.25) is 0 Å². The van der Waals surface area contributed by atoms with Gasteiger partial charge in [0.1, 0.15) is 17.2 Å². The third-order valence-corrected chi connectivity index (χ3v) is 2.11. The molecular weight excluding hydrogens is 222 g/mol. The van der Waals surface area contributed by atoms with Crippen LogP contribution in [-0.4, -0.2) is 31.0 Å². The Hall–Kier alpha value is -2.04. The number of hydrogen-bond acceptors (Lipinski definition) is 4. The first-order valence-electron chi connectivity index (χ1n) is 5.04. The number of rotatable bonds is 5. The molecule has 0 amide bonds. The van der Waals surface area contributed by atoms with Crippen LogP contribution in [-0.2, 0) is 4.79 Å². The molecule has 1 aromatic rings. The number of aliphatic carboxylic acids is 1. The smallest absolute Gasteiger partial charge is 0.309 e. The fourth-order valence-corrected chi connectivity index (χ4v) is 1.34. The molecule has 0 radical (unpaired) electrons. The summed E-state index contributed by atoms with van der Waals surface area (Å²) in [4.78, 5) is 14.7. The third-order valence-electron chi connectivity index (χ3n) is 2.11. The van der Waals surface area contributed by atoms with Gasteiger partial charge in [0, 0.05) is 11.8 Å². The maximum absolute atomic E-state index is 10.5. The number of carboxylic acids is 1. The minimum atomic E-state index is -0.904. The number of methoxy groups -OCH3 is 2. The summed E-state index contributed by atoms with van der Waals surface area (Å²) in [7, 11) is 3.09. The van der Waals surface area contributed by atoms with Crippen molar-refractivity contribution in [1.29, 1.82) is 0 Å². The molecule has 1 rings (SSSR count). The van der Waals surface area contributed by atoms with Gasteiger partial charge in [0.25, 0.3) is 0 Å². The van der Waals surface area contributed by atoms with Gasteiger partial charge in [-0.2, -0.15) is 0 Å². The number of nitrogens with zero attached hydrogens (tertiary/aromatic N) is 1. The number of aliphatic imine (C=N–C) groups is 1. The lowest BCUT2D eigenvalue weighted by Gasteiger charge is -2.07. The Morgan fingerprint density at radius 1 is 1.35 bits per heavy atom. The summed E-state index contributed by atoms with van der Waals surface area (Å²) >= 11 is 0. The van der Waals surface area contributed by atoms with Gasteiger partial charge in [0.15, 0.2) is 0 Å². The maximum atomic E-state index is 10.5. The van der Waals surface area contributed by atoms with Crippen LogP contribution in [0.1, 0.15) is 13.3 Å². The van der Waals surface area contributed by atoms with E-state index >= 15 is 0 Å². The van der Waals surface area contributed by atoms with E-state index in [2.05, 4.69) is 4.99 Å². The molecule has 0 aromatic heterocycles. The molecule has 0 saturated heterocycles. The van der Waals surface area contributed by atoms with Gasteiger partial charge in [-0.05, 0) is 19.1 Å². The fourth-order valence-electron chi connectivity index (χ4n) is 1.34. The van der Waals surface area contributed by atoms with E-state index in [9.17, 15) is 4.79 Å². The van der Waals surface area contributed by atoms with Crippen LogP contribution in [0.2, 0.25) is 0 Å². The summed E-state index contributed by atoms with van der Waals surface area (Å²) < 4.78 is 10.2. The lowest BCUT2D eigenvalue weighted by molar-refractivity contribution is -0.135. The Morgan fingerprint density at radius 2 is 2.06 bits per heavy atom. The molecule has 0 atom stereocenters. The SMILES string of the molecule is COc1ccc(/N=C(/C)CC(=O)O)c(OC)c1. The Bertz CT molecular complexity index is 440. The van der Waals surface area contributed by atoms with Gasteiger partial charge >= 0.3 is 5.97 Å². The molecule has 0 aliphatic carbocycles. The monoisotopic (exact) mass is 237 g/mol. The van der Waals surface area contributed by atoms with E-state index in [1.807, 2.05) is 0 Å². The number of carboxylic acid groups (broad SMARTS) is 1. The van der Waals surface area contributed by atoms with Crippen LogP contribution in [0.15, 0.2) is 23.2 Å². The highest BCUT2D eigenvalue weighted by molar-refractivity contribution is 5.98. The predicted octanol–water partition coefficient (Wildman–Crippen LogP) is 2.27. The molecule has 5 heteroatoms. The average Bonchev–Trinajstić information content (AvgIpc) is 2.28. The Balaban J connectivity index is 3.01. The van der Waals surface area contributed by atoms with Crippen LogP contribution >= 0.6 is 0 Å². The van der Waals surface area contributed by atoms with E-state index in [1.54, 1.807) is 32.2 Å². The Kier molecular flexibility index (Phi) is 4.51. The van der Waals surface area contributed by atoms with Crippen molar-refractivity contribution in [1.82, 2.24) is 0 Å². The molecule has 0 aliphatic rings. The van der Waals surface area contributed by atoms with Crippen molar-refractivity contribution >= 4 is 17.4 Å². The molecule has 0 fully saturated rings. The highest BCUT2D eigenvalue weighted by atomic mass is 16.5. The van der Waals surface area contributed by atoms with Crippen LogP contribution < -0.4 is 9.47 Å². The van der Waals surface area contributed by atoms with Gasteiger partial charge in [-0.25, -0.2) is 0 Å². The van der Waals surface area contributed by atoms with Gasteiger partial charge in [0.05, 0.1) is 20.6 Å². The summed E-state index contributed by atoms with van der Waals surface area (Å²) in [5, 5.41) is 8.64. The molecule has 0 heterocycles. The highest BCUT2D eigenvalue weighted by Crippen LogP contribution is 2.31. The molecule has 1 aromatic carbocycles. The molecule has 17 heavy (non-hydrogen) atoms. The normalized spacial score (nSPS) is 11.1. The minimum Gasteiger partial charge on any atom is -0.497 e. The number of ether oxygens (including phenoxy) is 2. The highest BCUT2D eigenvalue weighted by Gasteiger charge is 2.06. The van der Waals surface area contributed by atoms with Crippen molar-refractivity contribution in [2.24, 2.45) is 4.99 Å². The van der Waals surface area contributed by atoms with Gasteiger partial charge in [-0.15, -0.1) is 0 Å². The number of benzene rings is 1. The number of carbonyl (C=O) groups is 1. The van der Waals surface area contributed by atoms with Crippen molar-refractivity contribution < 1.29 is 19.4 Å². The van der Waals surface area contributed by atoms with Crippen molar-refractivity contribution in [3.05, 3.63) is 18.2 Å². The second-order valence-electron chi connectivity index (χ2n) is 3.46. The predicted molar refractivity (Wildman–Crippen MR) is 64.6 cm³/mol. The first-order chi connectivity index (χ1) is 8.06. The largest absolute Gasteiger partial charge is 0.497 e. The van der Waals surface area contributed by atoms with Crippen molar-refractivity contribution in [3.8, 4) is 11.5 Å². The zero-order valence-electron chi connectivity index (χ0n) is 10.1. The van der Waals surface area contributed by atoms with Crippen LogP contribution in [0.5, 0.6) is 11.5 Å². The first-order valence-corrected chi connectivity index (χ1v) is 5.04. The average molecular weight is 237 g/mol. The minimum absolute atomic E-state index is 0.0881. The van der Waals surface area contributed by atoms with Crippen LogP contribution in [0, 0.1) is 0 Å². The molecule has 0 unspecified atom stereocenters. The second kappa shape index (κ2) is 5.89. The molecule has 0 bridgehead atoms. The molecule has 0 aliphatic heterocycles. The zero-order valence-corrected chi connectivity index (χ0v) is 10.1. The zero-order chi connectivity index (χ0) is 12.8. The van der Waals surface area contributed by atoms with Gasteiger partial charge < -0.3 is 14.6 Å². The van der Waals surface area contributed by atoms with Crippen molar-refractivity contribution in [2.45, 2.75) is 13.3 Å². The van der Waals surface area contributed by atoms with Crippen LogP contribution in [0.25, 0.3) is 0 Å². The van der Waals surface area contributed by atoms with Crippen LogP contribution in [0.3, 0.4) is 0 Å². The van der Waals surface area contributed by atoms with E-state index < -0.39 is 5.97 Å². The van der Waals surface area contributed by atoms with Crippen molar-refractivity contribution in [2.75, 3.05) is 14.2 Å². The van der Waals surface area contributed by atoms with E-state index in [0.717, 1.165) is 0 Å². The third kappa shape index (κ3) is 3.79. The van der Waals surface area contributed by atoms with Gasteiger partial charge in [-0.1, -0.05) is 0 Å². The molecule has 92 valence electrons.